The molecule has 9 heteroatoms. The van der Waals surface area contributed by atoms with Crippen LogP contribution in [0.5, 0.6) is 5.75 Å². The van der Waals surface area contributed by atoms with Crippen molar-refractivity contribution in [2.45, 2.75) is 32.7 Å². The first kappa shape index (κ1) is 24.9. The van der Waals surface area contributed by atoms with Gasteiger partial charge in [0.25, 0.3) is 5.56 Å². The molecule has 0 aliphatic rings. The largest absolute Gasteiger partial charge is 0.497 e. The van der Waals surface area contributed by atoms with Gasteiger partial charge >= 0.3 is 6.09 Å². The number of amides is 1. The molecule has 0 saturated heterocycles. The van der Waals surface area contributed by atoms with E-state index in [9.17, 15) is 9.59 Å². The minimum absolute atomic E-state index is 0.0480. The Bertz CT molecular complexity index is 1110. The lowest BCUT2D eigenvalue weighted by molar-refractivity contribution is -0.247. The molecule has 0 saturated carbocycles. The molecule has 1 aromatic heterocycles. The maximum atomic E-state index is 12.7. The molecule has 0 aliphatic heterocycles. The van der Waals surface area contributed by atoms with Gasteiger partial charge in [-0.05, 0) is 37.1 Å². The van der Waals surface area contributed by atoms with Gasteiger partial charge in [0.05, 0.1) is 13.3 Å². The van der Waals surface area contributed by atoms with Crippen molar-refractivity contribution >= 4 is 11.8 Å². The van der Waals surface area contributed by atoms with Crippen molar-refractivity contribution in [1.82, 2.24) is 9.97 Å². The van der Waals surface area contributed by atoms with Crippen molar-refractivity contribution in [2.24, 2.45) is 0 Å². The monoisotopic (exact) mass is 467 g/mol. The summed E-state index contributed by atoms with van der Waals surface area (Å²) < 4.78 is 22.3. The zero-order chi connectivity index (χ0) is 24.4. The summed E-state index contributed by atoms with van der Waals surface area (Å²) in [5.41, 5.74) is 1.13. The minimum atomic E-state index is -1.32. The highest BCUT2D eigenvalue weighted by Gasteiger charge is 2.37. The summed E-state index contributed by atoms with van der Waals surface area (Å²) in [6.07, 6.45) is 0.801. The number of anilines is 1. The Morgan fingerprint density at radius 3 is 2.26 bits per heavy atom. The van der Waals surface area contributed by atoms with Crippen LogP contribution in [-0.4, -0.2) is 36.4 Å². The first-order chi connectivity index (χ1) is 16.5. The third-order valence-corrected chi connectivity index (χ3v) is 4.96. The third-order valence-electron chi connectivity index (χ3n) is 4.96. The van der Waals surface area contributed by atoms with E-state index in [1.165, 1.54) is 6.20 Å². The van der Waals surface area contributed by atoms with E-state index >= 15 is 0 Å². The second-order valence-electron chi connectivity index (χ2n) is 7.31. The predicted octanol–water partition coefficient (Wildman–Crippen LogP) is 4.00. The molecule has 0 atom stereocenters. The van der Waals surface area contributed by atoms with Crippen LogP contribution < -0.4 is 15.6 Å². The lowest BCUT2D eigenvalue weighted by Crippen LogP contribution is -2.39. The molecule has 3 rings (SSSR count). The van der Waals surface area contributed by atoms with Gasteiger partial charge in [0.2, 0.25) is 5.79 Å². The molecule has 0 spiro atoms. The molecule has 0 aliphatic carbocycles. The number of nitrogens with zero attached hydrogens (tertiary/aromatic N) is 1. The molecule has 34 heavy (non-hydrogen) atoms. The quantitative estimate of drug-likeness (QED) is 0.410. The van der Waals surface area contributed by atoms with Gasteiger partial charge in [-0.2, -0.15) is 0 Å². The number of aromatic nitrogens is 2. The van der Waals surface area contributed by atoms with Crippen LogP contribution >= 0.6 is 0 Å². The summed E-state index contributed by atoms with van der Waals surface area (Å²) in [5.74, 6) is -0.396. The zero-order valence-electron chi connectivity index (χ0n) is 19.5. The Morgan fingerprint density at radius 2 is 1.68 bits per heavy atom. The van der Waals surface area contributed by atoms with Crippen molar-refractivity contribution in [1.29, 1.82) is 0 Å². The van der Waals surface area contributed by atoms with Gasteiger partial charge in [0.1, 0.15) is 18.0 Å². The van der Waals surface area contributed by atoms with Crippen molar-refractivity contribution in [3.8, 4) is 5.75 Å². The van der Waals surface area contributed by atoms with Gasteiger partial charge in [0.15, 0.2) is 5.82 Å². The van der Waals surface area contributed by atoms with Gasteiger partial charge < -0.3 is 23.9 Å². The number of nitrogens with one attached hydrogen (secondary N) is 2. The van der Waals surface area contributed by atoms with Gasteiger partial charge in [-0.3, -0.25) is 10.1 Å². The fraction of sp³-hybridized carbons (Fsp3) is 0.320. The van der Waals surface area contributed by atoms with E-state index in [1.54, 1.807) is 7.11 Å². The van der Waals surface area contributed by atoms with Gasteiger partial charge in [-0.15, -0.1) is 0 Å². The molecule has 2 N–H and O–H groups in total. The summed E-state index contributed by atoms with van der Waals surface area (Å²) in [4.78, 5) is 31.9. The van der Waals surface area contributed by atoms with Crippen LogP contribution in [0.1, 0.15) is 30.8 Å². The molecule has 1 heterocycles. The molecule has 2 aromatic carbocycles. The van der Waals surface area contributed by atoms with E-state index in [0.29, 0.717) is 19.6 Å². The molecule has 180 valence electrons. The van der Waals surface area contributed by atoms with E-state index in [2.05, 4.69) is 15.3 Å². The summed E-state index contributed by atoms with van der Waals surface area (Å²) in [6, 6.07) is 16.7. The molecule has 0 radical (unpaired) electrons. The molecule has 1 amide bonds. The topological polar surface area (TPSA) is 112 Å². The molecule has 0 unspecified atom stereocenters. The second-order valence-corrected chi connectivity index (χ2v) is 7.31. The molecule has 0 bridgehead atoms. The van der Waals surface area contributed by atoms with Crippen LogP contribution in [0.25, 0.3) is 0 Å². The van der Waals surface area contributed by atoms with E-state index in [-0.39, 0.29) is 18.1 Å². The zero-order valence-corrected chi connectivity index (χ0v) is 19.5. The Morgan fingerprint density at radius 1 is 1.00 bits per heavy atom. The standard InChI is InChI=1S/C25H29N3O6/c1-4-33-25(34-5-2,15-18-11-13-20(31-3)14-12-18)23-26-16-21(22(29)28-23)27-24(30)32-17-19-9-7-6-8-10-19/h6-14,16H,4-5,15,17H2,1-3H3,(H,27,30)(H,26,28,29). The van der Waals surface area contributed by atoms with Crippen LogP contribution in [0, 0.1) is 0 Å². The normalized spacial score (nSPS) is 11.1. The molecule has 3 aromatic rings. The van der Waals surface area contributed by atoms with Gasteiger partial charge in [0, 0.05) is 19.6 Å². The number of methoxy groups -OCH3 is 1. The molecular formula is C25H29N3O6. The number of H-pyrrole nitrogens is 1. The highest BCUT2D eigenvalue weighted by molar-refractivity contribution is 5.83. The lowest BCUT2D eigenvalue weighted by Gasteiger charge is -2.32. The van der Waals surface area contributed by atoms with Crippen LogP contribution in [0.15, 0.2) is 65.6 Å². The second kappa shape index (κ2) is 12.0. The average molecular weight is 468 g/mol. The number of rotatable bonds is 11. The van der Waals surface area contributed by atoms with Gasteiger partial charge in [-0.25, -0.2) is 9.78 Å². The number of aromatic amines is 1. The fourth-order valence-electron chi connectivity index (χ4n) is 3.39. The highest BCUT2D eigenvalue weighted by atomic mass is 16.7. The van der Waals surface area contributed by atoms with Crippen molar-refractivity contribution in [3.63, 3.8) is 0 Å². The Kier molecular flexibility index (Phi) is 8.78. The first-order valence-corrected chi connectivity index (χ1v) is 11.0. The van der Waals surface area contributed by atoms with Crippen LogP contribution in [0.4, 0.5) is 10.5 Å². The summed E-state index contributed by atoms with van der Waals surface area (Å²) in [5, 5.41) is 2.42. The number of benzene rings is 2. The average Bonchev–Trinajstić information content (AvgIpc) is 2.85. The van der Waals surface area contributed by atoms with E-state index < -0.39 is 17.4 Å². The van der Waals surface area contributed by atoms with Crippen LogP contribution in [-0.2, 0) is 33.0 Å². The van der Waals surface area contributed by atoms with Crippen LogP contribution in [0.3, 0.4) is 0 Å². The number of hydrogen-bond donors (Lipinski definition) is 2. The molecule has 0 fully saturated rings. The summed E-state index contributed by atoms with van der Waals surface area (Å²) in [7, 11) is 1.60. The van der Waals surface area contributed by atoms with Gasteiger partial charge in [-0.1, -0.05) is 42.5 Å². The first-order valence-electron chi connectivity index (χ1n) is 11.0. The fourth-order valence-corrected chi connectivity index (χ4v) is 3.39. The van der Waals surface area contributed by atoms with E-state index in [4.69, 9.17) is 18.9 Å². The number of carbonyl (C=O) groups is 1. The SMILES string of the molecule is CCOC(Cc1ccc(OC)cc1)(OCC)c1ncc(NC(=O)OCc2ccccc2)c(=O)[nH]1. The van der Waals surface area contributed by atoms with E-state index in [0.717, 1.165) is 16.9 Å². The number of ether oxygens (including phenoxy) is 4. The van der Waals surface area contributed by atoms with E-state index in [1.807, 2.05) is 68.4 Å². The Labute approximate surface area is 198 Å². The highest BCUT2D eigenvalue weighted by Crippen LogP contribution is 2.30. The Balaban J connectivity index is 1.79. The minimum Gasteiger partial charge on any atom is -0.497 e. The predicted molar refractivity (Wildman–Crippen MR) is 127 cm³/mol. The van der Waals surface area contributed by atoms with Crippen molar-refractivity contribution in [3.05, 3.63) is 88.1 Å². The summed E-state index contributed by atoms with van der Waals surface area (Å²) in [6.45, 7) is 4.39. The maximum Gasteiger partial charge on any atom is 0.412 e. The molecule has 9 nitrogen and oxygen atoms in total. The lowest BCUT2D eigenvalue weighted by atomic mass is 10.0. The smallest absolute Gasteiger partial charge is 0.412 e. The number of carbonyl (C=O) groups excluding carboxylic acids is 1. The molecular weight excluding hydrogens is 438 g/mol. The summed E-state index contributed by atoms with van der Waals surface area (Å²) >= 11 is 0. The van der Waals surface area contributed by atoms with Crippen molar-refractivity contribution < 1.29 is 23.7 Å². The van der Waals surface area contributed by atoms with Crippen LogP contribution in [0.2, 0.25) is 0 Å². The number of hydrogen-bond acceptors (Lipinski definition) is 7. The maximum absolute atomic E-state index is 12.7. The Hall–Kier alpha value is -3.69. The van der Waals surface area contributed by atoms with Crippen molar-refractivity contribution in [2.75, 3.05) is 25.6 Å². The third kappa shape index (κ3) is 6.43.